The number of nitrogens with zero attached hydrogens (tertiary/aromatic N) is 2. The minimum atomic E-state index is 0.127. The molecule has 0 aliphatic rings. The smallest absolute Gasteiger partial charge is 0.128 e. The zero-order valence-electron chi connectivity index (χ0n) is 13.2. The van der Waals surface area contributed by atoms with E-state index < -0.39 is 0 Å². The van der Waals surface area contributed by atoms with Crippen molar-refractivity contribution >= 4 is 5.82 Å². The van der Waals surface area contributed by atoms with Gasteiger partial charge in [-0.25, -0.2) is 4.98 Å². The van der Waals surface area contributed by atoms with Crippen molar-refractivity contribution in [2.24, 2.45) is 0 Å². The van der Waals surface area contributed by atoms with Crippen LogP contribution in [0.2, 0.25) is 0 Å². The molecule has 3 heteroatoms. The van der Waals surface area contributed by atoms with Gasteiger partial charge in [0.2, 0.25) is 0 Å². The molecule has 0 atom stereocenters. The Morgan fingerprint density at radius 1 is 1.37 bits per heavy atom. The van der Waals surface area contributed by atoms with Crippen LogP contribution in [0.25, 0.3) is 0 Å². The molecule has 0 aliphatic carbocycles. The maximum absolute atomic E-state index is 4.67. The summed E-state index contributed by atoms with van der Waals surface area (Å²) in [5.74, 6) is 1.00. The van der Waals surface area contributed by atoms with Crippen molar-refractivity contribution in [1.29, 1.82) is 0 Å². The number of aryl methyl sites for hydroxylation is 1. The Labute approximate surface area is 117 Å². The van der Waals surface area contributed by atoms with Crippen molar-refractivity contribution in [2.45, 2.75) is 46.7 Å². The van der Waals surface area contributed by atoms with Gasteiger partial charge in [0.05, 0.1) is 0 Å². The molecule has 0 aromatic carbocycles. The van der Waals surface area contributed by atoms with Crippen molar-refractivity contribution in [3.05, 3.63) is 35.5 Å². The lowest BCUT2D eigenvalue weighted by Gasteiger charge is -2.22. The first-order valence-electron chi connectivity index (χ1n) is 6.76. The Balaban J connectivity index is 2.77. The van der Waals surface area contributed by atoms with Gasteiger partial charge in [-0.05, 0) is 46.2 Å². The van der Waals surface area contributed by atoms with Gasteiger partial charge in [-0.2, -0.15) is 0 Å². The minimum Gasteiger partial charge on any atom is -0.356 e. The highest BCUT2D eigenvalue weighted by atomic mass is 15.2. The second kappa shape index (κ2) is 6.20. The Hall–Kier alpha value is -1.35. The van der Waals surface area contributed by atoms with E-state index in [0.29, 0.717) is 0 Å². The topological polar surface area (TPSA) is 28.2 Å². The van der Waals surface area contributed by atoms with E-state index in [1.807, 2.05) is 14.0 Å². The van der Waals surface area contributed by atoms with Crippen LogP contribution < -0.4 is 10.2 Å². The molecular formula is C16H27N3. The minimum absolute atomic E-state index is 0.127. The first-order chi connectivity index (χ1) is 8.69. The van der Waals surface area contributed by atoms with Crippen molar-refractivity contribution in [3.63, 3.8) is 0 Å². The van der Waals surface area contributed by atoms with Gasteiger partial charge in [-0.15, -0.1) is 0 Å². The zero-order valence-corrected chi connectivity index (χ0v) is 13.2. The maximum atomic E-state index is 4.67. The molecule has 0 amide bonds. The predicted molar refractivity (Wildman–Crippen MR) is 83.7 cm³/mol. The lowest BCUT2D eigenvalue weighted by atomic mass is 10.1. The molecule has 0 bridgehead atoms. The molecule has 0 saturated carbocycles. The molecule has 0 spiro atoms. The highest BCUT2D eigenvalue weighted by molar-refractivity contribution is 5.42. The summed E-state index contributed by atoms with van der Waals surface area (Å²) in [5.41, 5.74) is 3.60. The van der Waals surface area contributed by atoms with Crippen molar-refractivity contribution in [3.8, 4) is 0 Å². The van der Waals surface area contributed by atoms with Crippen LogP contribution in [-0.4, -0.2) is 24.1 Å². The fraction of sp³-hybridized carbons (Fsp3) is 0.562. The zero-order chi connectivity index (χ0) is 14.6. The van der Waals surface area contributed by atoms with E-state index in [-0.39, 0.29) is 5.54 Å². The van der Waals surface area contributed by atoms with Crippen LogP contribution >= 0.6 is 0 Å². The van der Waals surface area contributed by atoms with E-state index in [4.69, 9.17) is 0 Å². The first-order valence-corrected chi connectivity index (χ1v) is 6.76. The van der Waals surface area contributed by atoms with E-state index in [1.165, 1.54) is 5.56 Å². The molecule has 19 heavy (non-hydrogen) atoms. The second-order valence-corrected chi connectivity index (χ2v) is 6.33. The molecule has 0 unspecified atom stereocenters. The number of hydrogen-bond donors (Lipinski definition) is 1. The number of aromatic nitrogens is 1. The predicted octanol–water partition coefficient (Wildman–Crippen LogP) is 3.29. The number of rotatable bonds is 5. The SMILES string of the molecule is C=C(C)CN(C)c1ccc(CNC(C)(C)C)c(C)n1. The summed E-state index contributed by atoms with van der Waals surface area (Å²) < 4.78 is 0. The number of likely N-dealkylation sites (N-methyl/N-ethyl adjacent to an activating group) is 1. The summed E-state index contributed by atoms with van der Waals surface area (Å²) in [4.78, 5) is 6.79. The van der Waals surface area contributed by atoms with E-state index in [0.717, 1.165) is 30.2 Å². The standard InChI is InChI=1S/C16H27N3/c1-12(2)11-19(7)15-9-8-14(13(3)18-15)10-17-16(4,5)6/h8-9,17H,1,10-11H2,2-7H3. The maximum Gasteiger partial charge on any atom is 0.128 e. The Bertz CT molecular complexity index is 444. The second-order valence-electron chi connectivity index (χ2n) is 6.33. The number of pyridine rings is 1. The summed E-state index contributed by atoms with van der Waals surface area (Å²) in [6, 6.07) is 4.24. The van der Waals surface area contributed by atoms with Crippen molar-refractivity contribution in [2.75, 3.05) is 18.5 Å². The third-order valence-corrected chi connectivity index (χ3v) is 2.89. The van der Waals surface area contributed by atoms with Crippen LogP contribution in [0.1, 0.15) is 39.0 Å². The first kappa shape index (κ1) is 15.7. The van der Waals surface area contributed by atoms with E-state index in [2.05, 4.69) is 61.6 Å². The molecule has 0 fully saturated rings. The van der Waals surface area contributed by atoms with Crippen LogP contribution in [0.15, 0.2) is 24.3 Å². The Morgan fingerprint density at radius 3 is 2.47 bits per heavy atom. The molecule has 1 N–H and O–H groups in total. The van der Waals surface area contributed by atoms with Crippen LogP contribution in [0, 0.1) is 6.92 Å². The van der Waals surface area contributed by atoms with Gasteiger partial charge in [0.25, 0.3) is 0 Å². The normalized spacial score (nSPS) is 11.5. The molecule has 3 nitrogen and oxygen atoms in total. The molecule has 0 radical (unpaired) electrons. The largest absolute Gasteiger partial charge is 0.356 e. The molecule has 0 saturated heterocycles. The van der Waals surface area contributed by atoms with Crippen LogP contribution in [0.5, 0.6) is 0 Å². The van der Waals surface area contributed by atoms with Gasteiger partial charge < -0.3 is 10.2 Å². The third-order valence-electron chi connectivity index (χ3n) is 2.89. The van der Waals surface area contributed by atoms with Crippen LogP contribution in [0.3, 0.4) is 0 Å². The van der Waals surface area contributed by atoms with Gasteiger partial charge in [0.1, 0.15) is 5.82 Å². The third kappa shape index (κ3) is 5.43. The van der Waals surface area contributed by atoms with E-state index in [9.17, 15) is 0 Å². The quantitative estimate of drug-likeness (QED) is 0.824. The highest BCUT2D eigenvalue weighted by Gasteiger charge is 2.11. The van der Waals surface area contributed by atoms with Gasteiger partial charge in [0, 0.05) is 31.4 Å². The fourth-order valence-electron chi connectivity index (χ4n) is 1.82. The van der Waals surface area contributed by atoms with Gasteiger partial charge in [0.15, 0.2) is 0 Å². The lowest BCUT2D eigenvalue weighted by molar-refractivity contribution is 0.423. The molecule has 1 heterocycles. The average molecular weight is 261 g/mol. The van der Waals surface area contributed by atoms with E-state index in [1.54, 1.807) is 0 Å². The monoisotopic (exact) mass is 261 g/mol. The molecule has 0 aliphatic heterocycles. The van der Waals surface area contributed by atoms with Crippen LogP contribution in [-0.2, 0) is 6.54 Å². The number of nitrogens with one attached hydrogen (secondary N) is 1. The summed E-state index contributed by atoms with van der Waals surface area (Å²) in [7, 11) is 2.05. The number of anilines is 1. The highest BCUT2D eigenvalue weighted by Crippen LogP contribution is 2.15. The van der Waals surface area contributed by atoms with Crippen molar-refractivity contribution in [1.82, 2.24) is 10.3 Å². The van der Waals surface area contributed by atoms with Gasteiger partial charge >= 0.3 is 0 Å². The van der Waals surface area contributed by atoms with Crippen molar-refractivity contribution < 1.29 is 0 Å². The molecule has 106 valence electrons. The van der Waals surface area contributed by atoms with Gasteiger partial charge in [-0.1, -0.05) is 18.2 Å². The summed E-state index contributed by atoms with van der Waals surface area (Å²) in [6.07, 6.45) is 0. The Kier molecular flexibility index (Phi) is 5.12. The lowest BCUT2D eigenvalue weighted by Crippen LogP contribution is -2.35. The molecule has 1 rings (SSSR count). The fourth-order valence-corrected chi connectivity index (χ4v) is 1.82. The van der Waals surface area contributed by atoms with E-state index >= 15 is 0 Å². The number of hydrogen-bond acceptors (Lipinski definition) is 3. The summed E-state index contributed by atoms with van der Waals surface area (Å²) in [5, 5.41) is 3.49. The summed E-state index contributed by atoms with van der Waals surface area (Å²) in [6.45, 7) is 16.2. The summed E-state index contributed by atoms with van der Waals surface area (Å²) >= 11 is 0. The molecule has 1 aromatic heterocycles. The molecular weight excluding hydrogens is 234 g/mol. The average Bonchev–Trinajstić information content (AvgIpc) is 2.25. The molecule has 1 aromatic rings. The van der Waals surface area contributed by atoms with Gasteiger partial charge in [-0.3, -0.25) is 0 Å². The van der Waals surface area contributed by atoms with Crippen LogP contribution in [0.4, 0.5) is 5.82 Å². The Morgan fingerprint density at radius 2 is 2.00 bits per heavy atom.